The van der Waals surface area contributed by atoms with Gasteiger partial charge in [-0.25, -0.2) is 4.79 Å². The Hall–Kier alpha value is -0.950. The van der Waals surface area contributed by atoms with Gasteiger partial charge < -0.3 is 24.8 Å². The van der Waals surface area contributed by atoms with Crippen molar-refractivity contribution in [2.45, 2.75) is 205 Å². The predicted molar refractivity (Wildman–Crippen MR) is 167 cm³/mol. The van der Waals surface area contributed by atoms with Crippen molar-refractivity contribution in [1.82, 2.24) is 0 Å². The summed E-state index contributed by atoms with van der Waals surface area (Å²) in [5.41, 5.74) is 0.871. The molecule has 0 spiro atoms. The monoisotopic (exact) mass is 580 g/mol. The summed E-state index contributed by atoms with van der Waals surface area (Å²) in [4.78, 5) is 11.6. The number of esters is 1. The molecule has 0 aliphatic carbocycles. The summed E-state index contributed by atoms with van der Waals surface area (Å²) >= 11 is 0. The predicted octanol–water partition coefficient (Wildman–Crippen LogP) is 8.09. The van der Waals surface area contributed by atoms with E-state index in [1.807, 2.05) is 13.0 Å². The van der Waals surface area contributed by atoms with E-state index in [1.165, 1.54) is 77.0 Å². The lowest BCUT2D eigenvalue weighted by Crippen LogP contribution is -2.27. The van der Waals surface area contributed by atoms with Crippen LogP contribution >= 0.6 is 0 Å². The summed E-state index contributed by atoms with van der Waals surface area (Å²) < 4.78 is 11.3. The highest BCUT2D eigenvalue weighted by Crippen LogP contribution is 2.28. The third-order valence-corrected chi connectivity index (χ3v) is 9.08. The van der Waals surface area contributed by atoms with Crippen LogP contribution in [0.4, 0.5) is 0 Å². The Morgan fingerprint density at radius 1 is 0.732 bits per heavy atom. The molecule has 2 rings (SSSR count). The van der Waals surface area contributed by atoms with Crippen molar-refractivity contribution in [2.75, 3.05) is 0 Å². The highest BCUT2D eigenvalue weighted by Gasteiger charge is 2.30. The van der Waals surface area contributed by atoms with Gasteiger partial charge >= 0.3 is 5.97 Å². The summed E-state index contributed by atoms with van der Waals surface area (Å²) in [6, 6.07) is 0. The average Bonchev–Trinajstić information content (AvgIpc) is 3.56. The van der Waals surface area contributed by atoms with E-state index in [0.717, 1.165) is 63.4 Å². The number of carbonyl (C=O) groups is 1. The van der Waals surface area contributed by atoms with Crippen LogP contribution in [0.3, 0.4) is 0 Å². The Labute approximate surface area is 251 Å². The van der Waals surface area contributed by atoms with Crippen LogP contribution in [0.15, 0.2) is 11.6 Å². The van der Waals surface area contributed by atoms with Crippen LogP contribution in [0.2, 0.25) is 0 Å². The Bertz CT molecular complexity index is 694. The number of hydrogen-bond acceptors (Lipinski definition) is 6. The molecule has 0 saturated carbocycles. The highest BCUT2D eigenvalue weighted by molar-refractivity contribution is 5.90. The number of unbranched alkanes of at least 4 members (excludes halogenated alkanes) is 14. The zero-order chi connectivity index (χ0) is 29.7. The first-order chi connectivity index (χ1) is 19.9. The number of aliphatic hydroxyl groups excluding tert-OH is 3. The maximum atomic E-state index is 11.6. The van der Waals surface area contributed by atoms with Crippen molar-refractivity contribution in [3.8, 4) is 0 Å². The fourth-order valence-corrected chi connectivity index (χ4v) is 6.38. The van der Waals surface area contributed by atoms with Crippen LogP contribution in [0.1, 0.15) is 168 Å². The summed E-state index contributed by atoms with van der Waals surface area (Å²) in [6.45, 7) is 4.11. The second kappa shape index (κ2) is 22.6. The van der Waals surface area contributed by atoms with Gasteiger partial charge in [-0.15, -0.1) is 0 Å². The van der Waals surface area contributed by atoms with Gasteiger partial charge in [0.15, 0.2) is 0 Å². The van der Waals surface area contributed by atoms with E-state index < -0.39 is 18.3 Å². The zero-order valence-corrected chi connectivity index (χ0v) is 26.6. The molecule has 0 amide bonds. The molecule has 0 radical (unpaired) electrons. The van der Waals surface area contributed by atoms with Crippen LogP contribution in [0.25, 0.3) is 0 Å². The number of carbonyl (C=O) groups excluding carboxylic acids is 1. The Morgan fingerprint density at radius 2 is 1.27 bits per heavy atom. The SMILES string of the molecule is CCCCCCC[C@H](O)[C@@H](O)CCCC[C@@H](O)[C@H]1CC[C@H](CCCCCCCCCCCCC2=C[C@H](C)OC2=O)O1. The molecule has 1 fully saturated rings. The van der Waals surface area contributed by atoms with Gasteiger partial charge in [0.1, 0.15) is 6.10 Å². The lowest BCUT2D eigenvalue weighted by molar-refractivity contribution is -0.139. The van der Waals surface area contributed by atoms with Crippen molar-refractivity contribution < 1.29 is 29.6 Å². The first-order valence-corrected chi connectivity index (χ1v) is 17.5. The van der Waals surface area contributed by atoms with Gasteiger partial charge in [0, 0.05) is 5.57 Å². The molecule has 0 bridgehead atoms. The standard InChI is InChI=1S/C35H64O6/c1-3-4-5-12-17-22-31(36)32(37)23-18-19-24-33(38)34-26-25-30(41-34)21-16-14-11-9-7-6-8-10-13-15-20-29-27-28(2)40-35(29)39/h27-28,30-34,36-38H,3-26H2,1-2H3/t28-,30-,31-,32-,33+,34+/m0/s1. The van der Waals surface area contributed by atoms with E-state index in [9.17, 15) is 20.1 Å². The number of cyclic esters (lactones) is 1. The molecule has 41 heavy (non-hydrogen) atoms. The van der Waals surface area contributed by atoms with Gasteiger partial charge in [-0.3, -0.25) is 0 Å². The smallest absolute Gasteiger partial charge is 0.334 e. The number of rotatable bonds is 26. The van der Waals surface area contributed by atoms with E-state index in [0.29, 0.717) is 25.4 Å². The Kier molecular flexibility index (Phi) is 20.0. The summed E-state index contributed by atoms with van der Waals surface area (Å²) in [6.07, 6.45) is 26.5. The maximum Gasteiger partial charge on any atom is 0.334 e. The molecule has 3 N–H and O–H groups in total. The van der Waals surface area contributed by atoms with Gasteiger partial charge in [0.25, 0.3) is 0 Å². The molecular weight excluding hydrogens is 516 g/mol. The van der Waals surface area contributed by atoms with Gasteiger partial charge in [0.2, 0.25) is 0 Å². The van der Waals surface area contributed by atoms with Crippen LogP contribution in [-0.2, 0) is 14.3 Å². The molecule has 0 unspecified atom stereocenters. The molecule has 0 aromatic heterocycles. The van der Waals surface area contributed by atoms with E-state index in [-0.39, 0.29) is 18.2 Å². The largest absolute Gasteiger partial charge is 0.455 e. The van der Waals surface area contributed by atoms with Gasteiger partial charge in [-0.2, -0.15) is 0 Å². The van der Waals surface area contributed by atoms with Crippen molar-refractivity contribution in [3.05, 3.63) is 11.6 Å². The summed E-state index contributed by atoms with van der Waals surface area (Å²) in [7, 11) is 0. The number of aliphatic hydroxyl groups is 3. The highest BCUT2D eigenvalue weighted by atomic mass is 16.5. The van der Waals surface area contributed by atoms with Crippen LogP contribution in [0.5, 0.6) is 0 Å². The molecule has 2 aliphatic rings. The molecule has 6 nitrogen and oxygen atoms in total. The van der Waals surface area contributed by atoms with Gasteiger partial charge in [0.05, 0.1) is 30.5 Å². The van der Waals surface area contributed by atoms with Crippen molar-refractivity contribution >= 4 is 5.97 Å². The third-order valence-electron chi connectivity index (χ3n) is 9.08. The minimum Gasteiger partial charge on any atom is -0.455 e. The average molecular weight is 581 g/mol. The topological polar surface area (TPSA) is 96.2 Å². The Balaban J connectivity index is 1.36. The molecular formula is C35H64O6. The minimum atomic E-state index is -0.644. The lowest BCUT2D eigenvalue weighted by atomic mass is 9.98. The summed E-state index contributed by atoms with van der Waals surface area (Å²) in [5, 5.41) is 31.0. The van der Waals surface area contributed by atoms with Crippen molar-refractivity contribution in [1.29, 1.82) is 0 Å². The second-order valence-corrected chi connectivity index (χ2v) is 12.9. The van der Waals surface area contributed by atoms with E-state index in [1.54, 1.807) is 0 Å². The summed E-state index contributed by atoms with van der Waals surface area (Å²) in [5.74, 6) is -0.116. The maximum absolute atomic E-state index is 11.6. The number of hydrogen-bond donors (Lipinski definition) is 3. The fourth-order valence-electron chi connectivity index (χ4n) is 6.38. The lowest BCUT2D eigenvalue weighted by Gasteiger charge is -2.20. The van der Waals surface area contributed by atoms with Crippen LogP contribution < -0.4 is 0 Å². The van der Waals surface area contributed by atoms with Crippen molar-refractivity contribution in [3.63, 3.8) is 0 Å². The third kappa shape index (κ3) is 16.5. The molecule has 1 saturated heterocycles. The first-order valence-electron chi connectivity index (χ1n) is 17.5. The molecule has 2 heterocycles. The van der Waals surface area contributed by atoms with Gasteiger partial charge in [-0.05, 0) is 64.4 Å². The molecule has 0 aromatic rings. The normalized spacial score (nSPS) is 23.0. The van der Waals surface area contributed by atoms with Gasteiger partial charge in [-0.1, -0.05) is 110 Å². The molecule has 240 valence electrons. The minimum absolute atomic E-state index is 0.0362. The molecule has 6 heteroatoms. The van der Waals surface area contributed by atoms with E-state index >= 15 is 0 Å². The van der Waals surface area contributed by atoms with Crippen molar-refractivity contribution in [2.24, 2.45) is 0 Å². The molecule has 0 aromatic carbocycles. The van der Waals surface area contributed by atoms with E-state index in [4.69, 9.17) is 9.47 Å². The zero-order valence-electron chi connectivity index (χ0n) is 26.6. The van der Waals surface area contributed by atoms with Crippen LogP contribution in [-0.4, -0.2) is 57.9 Å². The Morgan fingerprint density at radius 3 is 1.88 bits per heavy atom. The molecule has 2 aliphatic heterocycles. The van der Waals surface area contributed by atoms with E-state index in [2.05, 4.69) is 6.92 Å². The fraction of sp³-hybridized carbons (Fsp3) is 0.914. The first kappa shape index (κ1) is 36.2. The van der Waals surface area contributed by atoms with Crippen LogP contribution in [0, 0.1) is 0 Å². The molecule has 6 atom stereocenters. The second-order valence-electron chi connectivity index (χ2n) is 12.9. The number of ether oxygens (including phenoxy) is 2. The quantitative estimate of drug-likeness (QED) is 0.0707.